The number of primary amides is 1. The molecule has 1 fully saturated rings. The van der Waals surface area contributed by atoms with Gasteiger partial charge in [-0.25, -0.2) is 9.97 Å². The van der Waals surface area contributed by atoms with Crippen molar-refractivity contribution >= 4 is 11.9 Å². The van der Waals surface area contributed by atoms with Gasteiger partial charge in [-0.2, -0.15) is 0 Å². The second-order valence-electron chi connectivity index (χ2n) is 4.32. The van der Waals surface area contributed by atoms with Crippen molar-refractivity contribution in [2.24, 2.45) is 5.73 Å². The highest BCUT2D eigenvalue weighted by Gasteiger charge is 2.20. The predicted octanol–water partition coefficient (Wildman–Crippen LogP) is 0.0816. The maximum atomic E-state index is 10.8. The van der Waals surface area contributed by atoms with Gasteiger partial charge in [0.05, 0.1) is 5.56 Å². The number of likely N-dealkylation sites (N-methyl/N-ethyl adjacent to an activating group) is 1. The lowest BCUT2D eigenvalue weighted by Crippen LogP contribution is -2.31. The monoisotopic (exact) mass is 235 g/mol. The predicted molar refractivity (Wildman–Crippen MR) is 64.7 cm³/mol. The molecule has 6 nitrogen and oxygen atoms in total. The van der Waals surface area contributed by atoms with Crippen LogP contribution < -0.4 is 11.1 Å². The number of nitrogens with one attached hydrogen (secondary N) is 1. The first-order chi connectivity index (χ1) is 8.16. The summed E-state index contributed by atoms with van der Waals surface area (Å²) in [4.78, 5) is 21.3. The number of carbonyl (C=O) groups is 1. The minimum atomic E-state index is -0.507. The summed E-state index contributed by atoms with van der Waals surface area (Å²) in [6, 6.07) is 0.536. The van der Waals surface area contributed by atoms with E-state index in [-0.39, 0.29) is 0 Å². The third-order valence-corrected chi connectivity index (χ3v) is 3.10. The van der Waals surface area contributed by atoms with Crippen LogP contribution in [0, 0.1) is 0 Å². The quantitative estimate of drug-likeness (QED) is 0.772. The molecule has 1 aliphatic rings. The minimum absolute atomic E-state index is 0.327. The van der Waals surface area contributed by atoms with Crippen molar-refractivity contribution in [2.75, 3.05) is 25.5 Å². The molecule has 0 spiro atoms. The summed E-state index contributed by atoms with van der Waals surface area (Å²) in [5.41, 5.74) is 5.44. The average molecular weight is 235 g/mol. The van der Waals surface area contributed by atoms with Crippen LogP contribution in [-0.2, 0) is 0 Å². The zero-order valence-corrected chi connectivity index (χ0v) is 9.89. The van der Waals surface area contributed by atoms with Crippen LogP contribution in [0.4, 0.5) is 5.95 Å². The third kappa shape index (κ3) is 2.91. The molecular formula is C11H17N5O. The fourth-order valence-electron chi connectivity index (χ4n) is 1.99. The molecule has 0 radical (unpaired) electrons. The molecule has 1 saturated heterocycles. The molecule has 0 aliphatic carbocycles. The summed E-state index contributed by atoms with van der Waals surface area (Å²) in [5, 5.41) is 3.17. The highest BCUT2D eigenvalue weighted by Crippen LogP contribution is 2.14. The molecular weight excluding hydrogens is 218 g/mol. The molecule has 3 N–H and O–H groups in total. The van der Waals surface area contributed by atoms with Gasteiger partial charge in [0.15, 0.2) is 0 Å². The van der Waals surface area contributed by atoms with Gasteiger partial charge >= 0.3 is 0 Å². The van der Waals surface area contributed by atoms with Crippen LogP contribution >= 0.6 is 0 Å². The molecule has 2 rings (SSSR count). The number of likely N-dealkylation sites (tertiary alicyclic amines) is 1. The molecule has 2 heterocycles. The van der Waals surface area contributed by atoms with E-state index in [1.165, 1.54) is 25.2 Å². The molecule has 6 heteroatoms. The molecule has 0 unspecified atom stereocenters. The van der Waals surface area contributed by atoms with Crippen molar-refractivity contribution in [1.82, 2.24) is 14.9 Å². The maximum absolute atomic E-state index is 10.8. The van der Waals surface area contributed by atoms with E-state index in [4.69, 9.17) is 5.73 Å². The number of hydrogen-bond donors (Lipinski definition) is 2. The van der Waals surface area contributed by atoms with Crippen molar-refractivity contribution < 1.29 is 4.79 Å². The Kier molecular flexibility index (Phi) is 3.53. The van der Waals surface area contributed by atoms with Crippen LogP contribution in [0.3, 0.4) is 0 Å². The number of carbonyl (C=O) groups excluding carboxylic acids is 1. The Morgan fingerprint density at radius 2 is 2.29 bits per heavy atom. The normalized spacial score (nSPS) is 20.4. The van der Waals surface area contributed by atoms with E-state index in [1.807, 2.05) is 0 Å². The lowest BCUT2D eigenvalue weighted by molar-refractivity contribution is 0.0999. The van der Waals surface area contributed by atoms with Crippen LogP contribution in [-0.4, -0.2) is 47.0 Å². The molecule has 1 atom stereocenters. The van der Waals surface area contributed by atoms with Crippen LogP contribution in [0.15, 0.2) is 12.4 Å². The summed E-state index contributed by atoms with van der Waals surface area (Å²) in [6.45, 7) is 1.97. The van der Waals surface area contributed by atoms with Gasteiger partial charge in [-0.3, -0.25) is 4.79 Å². The van der Waals surface area contributed by atoms with Gasteiger partial charge in [0.1, 0.15) is 0 Å². The minimum Gasteiger partial charge on any atom is -0.366 e. The zero-order chi connectivity index (χ0) is 12.3. The number of amides is 1. The Bertz CT molecular complexity index is 391. The number of hydrogen-bond acceptors (Lipinski definition) is 5. The lowest BCUT2D eigenvalue weighted by atomic mass is 10.2. The second-order valence-corrected chi connectivity index (χ2v) is 4.32. The van der Waals surface area contributed by atoms with Crippen LogP contribution in [0.25, 0.3) is 0 Å². The molecule has 0 saturated carbocycles. The van der Waals surface area contributed by atoms with E-state index >= 15 is 0 Å². The fraction of sp³-hybridized carbons (Fsp3) is 0.545. The van der Waals surface area contributed by atoms with E-state index < -0.39 is 5.91 Å². The SMILES string of the molecule is CN1CCC[C@H]1CNc1ncc(C(N)=O)cn1. The number of anilines is 1. The summed E-state index contributed by atoms with van der Waals surface area (Å²) in [5.74, 6) is 0.0300. The Labute approximate surface area is 100 Å². The molecule has 1 amide bonds. The molecule has 1 aromatic heterocycles. The Balaban J connectivity index is 1.88. The summed E-state index contributed by atoms with van der Waals surface area (Å²) in [7, 11) is 2.12. The zero-order valence-electron chi connectivity index (χ0n) is 9.89. The highest BCUT2D eigenvalue weighted by atomic mass is 16.1. The fourth-order valence-corrected chi connectivity index (χ4v) is 1.99. The molecule has 0 aromatic carbocycles. The standard InChI is InChI=1S/C11H17N5O/c1-16-4-2-3-9(16)7-15-11-13-5-8(6-14-11)10(12)17/h5-6,9H,2-4,7H2,1H3,(H2,12,17)(H,13,14,15)/t9-/m0/s1. The highest BCUT2D eigenvalue weighted by molar-refractivity contribution is 5.92. The van der Waals surface area contributed by atoms with Gasteiger partial charge in [0.25, 0.3) is 5.91 Å². The van der Waals surface area contributed by atoms with Crippen molar-refractivity contribution in [3.8, 4) is 0 Å². The topological polar surface area (TPSA) is 84.1 Å². The van der Waals surface area contributed by atoms with Crippen molar-refractivity contribution in [1.29, 1.82) is 0 Å². The van der Waals surface area contributed by atoms with E-state index in [2.05, 4.69) is 27.2 Å². The lowest BCUT2D eigenvalue weighted by Gasteiger charge is -2.19. The number of nitrogens with two attached hydrogens (primary N) is 1. The first-order valence-electron chi connectivity index (χ1n) is 5.73. The van der Waals surface area contributed by atoms with Crippen molar-refractivity contribution in [2.45, 2.75) is 18.9 Å². The number of nitrogens with zero attached hydrogens (tertiary/aromatic N) is 3. The Hall–Kier alpha value is -1.69. The van der Waals surface area contributed by atoms with E-state index in [0.29, 0.717) is 17.6 Å². The molecule has 1 aliphatic heterocycles. The van der Waals surface area contributed by atoms with Crippen molar-refractivity contribution in [3.05, 3.63) is 18.0 Å². The van der Waals surface area contributed by atoms with E-state index in [0.717, 1.165) is 13.1 Å². The summed E-state index contributed by atoms with van der Waals surface area (Å²) >= 11 is 0. The van der Waals surface area contributed by atoms with Crippen molar-refractivity contribution in [3.63, 3.8) is 0 Å². The second kappa shape index (κ2) is 5.09. The number of aromatic nitrogens is 2. The van der Waals surface area contributed by atoms with Gasteiger partial charge in [-0.1, -0.05) is 0 Å². The van der Waals surface area contributed by atoms with Gasteiger partial charge < -0.3 is 16.0 Å². The first-order valence-corrected chi connectivity index (χ1v) is 5.73. The van der Waals surface area contributed by atoms with E-state index in [1.54, 1.807) is 0 Å². The molecule has 92 valence electrons. The molecule has 17 heavy (non-hydrogen) atoms. The Morgan fingerprint density at radius 1 is 1.59 bits per heavy atom. The average Bonchev–Trinajstić information content (AvgIpc) is 2.73. The van der Waals surface area contributed by atoms with Crippen LogP contribution in [0.5, 0.6) is 0 Å². The summed E-state index contributed by atoms with van der Waals surface area (Å²) in [6.07, 6.45) is 5.32. The van der Waals surface area contributed by atoms with Gasteiger partial charge in [0, 0.05) is 25.0 Å². The van der Waals surface area contributed by atoms with Gasteiger partial charge in [0.2, 0.25) is 5.95 Å². The third-order valence-electron chi connectivity index (χ3n) is 3.10. The summed E-state index contributed by atoms with van der Waals surface area (Å²) < 4.78 is 0. The van der Waals surface area contributed by atoms with Crippen LogP contribution in [0.2, 0.25) is 0 Å². The van der Waals surface area contributed by atoms with Crippen LogP contribution in [0.1, 0.15) is 23.2 Å². The molecule has 1 aromatic rings. The maximum Gasteiger partial charge on any atom is 0.251 e. The van der Waals surface area contributed by atoms with Gasteiger partial charge in [-0.15, -0.1) is 0 Å². The Morgan fingerprint density at radius 3 is 2.82 bits per heavy atom. The smallest absolute Gasteiger partial charge is 0.251 e. The van der Waals surface area contributed by atoms with Gasteiger partial charge in [-0.05, 0) is 26.4 Å². The van der Waals surface area contributed by atoms with E-state index in [9.17, 15) is 4.79 Å². The first kappa shape index (κ1) is 11.8. The molecule has 0 bridgehead atoms. The number of rotatable bonds is 4. The largest absolute Gasteiger partial charge is 0.366 e.